The van der Waals surface area contributed by atoms with Crippen LogP contribution in [0.3, 0.4) is 0 Å². The van der Waals surface area contributed by atoms with Gasteiger partial charge in [0, 0.05) is 5.56 Å². The number of aromatic nitrogens is 1. The van der Waals surface area contributed by atoms with Crippen molar-refractivity contribution in [2.45, 2.75) is 46.5 Å². The van der Waals surface area contributed by atoms with E-state index in [1.165, 1.54) is 18.4 Å². The molecule has 0 saturated carbocycles. The summed E-state index contributed by atoms with van der Waals surface area (Å²) in [5.41, 5.74) is 3.30. The highest BCUT2D eigenvalue weighted by atomic mass is 16.5. The van der Waals surface area contributed by atoms with Crippen LogP contribution in [0.1, 0.15) is 57.1 Å². The van der Waals surface area contributed by atoms with Crippen molar-refractivity contribution in [1.29, 1.82) is 0 Å². The van der Waals surface area contributed by atoms with Gasteiger partial charge in [0.2, 0.25) is 0 Å². The number of allylic oxidation sites excluding steroid dienone is 1. The second-order valence-electron chi connectivity index (χ2n) is 4.29. The second-order valence-corrected chi connectivity index (χ2v) is 4.29. The summed E-state index contributed by atoms with van der Waals surface area (Å²) in [7, 11) is 0. The van der Waals surface area contributed by atoms with Crippen LogP contribution in [0, 0.1) is 0 Å². The molecule has 2 heteroatoms. The molecule has 0 amide bonds. The van der Waals surface area contributed by atoms with E-state index in [1.54, 1.807) is 0 Å². The van der Waals surface area contributed by atoms with E-state index in [1.807, 2.05) is 26.0 Å². The summed E-state index contributed by atoms with van der Waals surface area (Å²) in [5.74, 6) is 0.835. The normalized spacial score (nSPS) is 10.2. The lowest BCUT2D eigenvalue weighted by molar-refractivity contribution is 0.403. The van der Waals surface area contributed by atoms with Gasteiger partial charge in [-0.3, -0.25) is 0 Å². The zero-order valence-corrected chi connectivity index (χ0v) is 10.5. The molecule has 0 bridgehead atoms. The summed E-state index contributed by atoms with van der Waals surface area (Å²) < 4.78 is 5.33. The van der Waals surface area contributed by atoms with Crippen molar-refractivity contribution >= 4 is 12.2 Å². The molecule has 0 aliphatic rings. The molecule has 2 nitrogen and oxygen atoms in total. The van der Waals surface area contributed by atoms with Crippen LogP contribution < -0.4 is 0 Å². The second kappa shape index (κ2) is 6.31. The van der Waals surface area contributed by atoms with E-state index in [9.17, 15) is 0 Å². The van der Waals surface area contributed by atoms with E-state index in [2.05, 4.69) is 18.7 Å². The number of rotatable bonds is 6. The average molecular weight is 219 g/mol. The van der Waals surface area contributed by atoms with Crippen molar-refractivity contribution in [1.82, 2.24) is 5.16 Å². The quantitative estimate of drug-likeness (QED) is 0.659. The molecule has 0 aliphatic carbocycles. The highest BCUT2D eigenvalue weighted by molar-refractivity contribution is 5.63. The third kappa shape index (κ3) is 3.37. The summed E-state index contributed by atoms with van der Waals surface area (Å²) in [5, 5.41) is 4.12. The predicted molar refractivity (Wildman–Crippen MR) is 69.1 cm³/mol. The molecular formula is C14H21NO. The van der Waals surface area contributed by atoms with Crippen molar-refractivity contribution in [3.8, 4) is 0 Å². The Morgan fingerprint density at radius 3 is 2.69 bits per heavy atom. The van der Waals surface area contributed by atoms with Gasteiger partial charge in [0.05, 0.1) is 5.69 Å². The highest BCUT2D eigenvalue weighted by Gasteiger charge is 2.10. The molecule has 0 spiro atoms. The Morgan fingerprint density at radius 2 is 2.12 bits per heavy atom. The van der Waals surface area contributed by atoms with Crippen molar-refractivity contribution in [2.75, 3.05) is 0 Å². The fourth-order valence-corrected chi connectivity index (χ4v) is 1.65. The molecule has 0 unspecified atom stereocenters. The molecule has 0 saturated heterocycles. The van der Waals surface area contributed by atoms with Crippen LogP contribution in [-0.4, -0.2) is 5.16 Å². The van der Waals surface area contributed by atoms with Crippen LogP contribution in [0.25, 0.3) is 12.2 Å². The van der Waals surface area contributed by atoms with Crippen molar-refractivity contribution < 1.29 is 4.52 Å². The number of unbranched alkanes of at least 4 members (excludes halogenated alkanes) is 2. The molecule has 1 aromatic heterocycles. The van der Waals surface area contributed by atoms with E-state index < -0.39 is 0 Å². The van der Waals surface area contributed by atoms with Crippen LogP contribution in [0.5, 0.6) is 0 Å². The molecule has 0 radical (unpaired) electrons. The number of aryl methyl sites for hydroxylation is 1. The molecule has 0 aromatic carbocycles. The first-order chi connectivity index (χ1) is 7.69. The summed E-state index contributed by atoms with van der Waals surface area (Å²) in [6.45, 7) is 10.1. The summed E-state index contributed by atoms with van der Waals surface area (Å²) in [6.07, 6.45) is 8.46. The zero-order chi connectivity index (χ0) is 12.0. The third-order valence-corrected chi connectivity index (χ3v) is 2.47. The maximum absolute atomic E-state index is 5.33. The van der Waals surface area contributed by atoms with Crippen molar-refractivity contribution in [3.05, 3.63) is 29.2 Å². The molecule has 16 heavy (non-hydrogen) atoms. The summed E-state index contributed by atoms with van der Waals surface area (Å²) in [6, 6.07) is 0. The molecule has 1 aromatic rings. The minimum atomic E-state index is 0.835. The molecular weight excluding hydrogens is 198 g/mol. The summed E-state index contributed by atoms with van der Waals surface area (Å²) >= 11 is 0. The maximum Gasteiger partial charge on any atom is 0.167 e. The van der Waals surface area contributed by atoms with Gasteiger partial charge < -0.3 is 4.52 Å². The zero-order valence-electron chi connectivity index (χ0n) is 10.5. The minimum Gasteiger partial charge on any atom is -0.356 e. The van der Waals surface area contributed by atoms with Crippen LogP contribution in [-0.2, 0) is 6.42 Å². The average Bonchev–Trinajstić information content (AvgIpc) is 2.60. The lowest BCUT2D eigenvalue weighted by atomic mass is 10.1. The van der Waals surface area contributed by atoms with Crippen LogP contribution >= 0.6 is 0 Å². The van der Waals surface area contributed by atoms with Gasteiger partial charge in [0.1, 0.15) is 0 Å². The molecule has 0 aliphatic heterocycles. The molecule has 1 heterocycles. The fourth-order valence-electron chi connectivity index (χ4n) is 1.65. The SMILES string of the molecule is C=Cc1c(CCCCC)noc1C=C(C)C. The standard InChI is InChI=1S/C14H21NO/c1-5-7-8-9-13-12(6-2)14(16-15-13)10-11(3)4/h6,10H,2,5,7-9H2,1,3-4H3. The topological polar surface area (TPSA) is 26.0 Å². The van der Waals surface area contributed by atoms with Crippen LogP contribution in [0.15, 0.2) is 16.7 Å². The Balaban J connectivity index is 2.82. The Hall–Kier alpha value is -1.31. The van der Waals surface area contributed by atoms with Gasteiger partial charge in [-0.2, -0.15) is 0 Å². The Labute approximate surface area is 98.0 Å². The van der Waals surface area contributed by atoms with Gasteiger partial charge in [-0.25, -0.2) is 0 Å². The van der Waals surface area contributed by atoms with Crippen LogP contribution in [0.4, 0.5) is 0 Å². The van der Waals surface area contributed by atoms with E-state index in [0.717, 1.165) is 29.9 Å². The largest absolute Gasteiger partial charge is 0.356 e. The third-order valence-electron chi connectivity index (χ3n) is 2.47. The lowest BCUT2D eigenvalue weighted by Crippen LogP contribution is -1.88. The first-order valence-electron chi connectivity index (χ1n) is 5.95. The highest BCUT2D eigenvalue weighted by Crippen LogP contribution is 2.20. The fraction of sp³-hybridized carbons (Fsp3) is 0.500. The van der Waals surface area contributed by atoms with Gasteiger partial charge >= 0.3 is 0 Å². The van der Waals surface area contributed by atoms with Crippen molar-refractivity contribution in [2.24, 2.45) is 0 Å². The Morgan fingerprint density at radius 1 is 1.38 bits per heavy atom. The van der Waals surface area contributed by atoms with Gasteiger partial charge in [0.25, 0.3) is 0 Å². The first-order valence-corrected chi connectivity index (χ1v) is 5.95. The van der Waals surface area contributed by atoms with Gasteiger partial charge in [-0.05, 0) is 32.8 Å². The van der Waals surface area contributed by atoms with Gasteiger partial charge in [-0.1, -0.05) is 43.2 Å². The predicted octanol–water partition coefficient (Wildman–Crippen LogP) is 4.47. The smallest absolute Gasteiger partial charge is 0.167 e. The Bertz CT molecular complexity index is 370. The lowest BCUT2D eigenvalue weighted by Gasteiger charge is -1.96. The van der Waals surface area contributed by atoms with Gasteiger partial charge in [-0.15, -0.1) is 0 Å². The number of hydrogen-bond acceptors (Lipinski definition) is 2. The molecule has 0 atom stereocenters. The minimum absolute atomic E-state index is 0.835. The maximum atomic E-state index is 5.33. The van der Waals surface area contributed by atoms with E-state index in [-0.39, 0.29) is 0 Å². The van der Waals surface area contributed by atoms with E-state index in [0.29, 0.717) is 0 Å². The molecule has 88 valence electrons. The van der Waals surface area contributed by atoms with E-state index in [4.69, 9.17) is 4.52 Å². The van der Waals surface area contributed by atoms with Gasteiger partial charge in [0.15, 0.2) is 5.76 Å². The monoisotopic (exact) mass is 219 g/mol. The Kier molecular flexibility index (Phi) is 5.03. The number of nitrogens with zero attached hydrogens (tertiary/aromatic N) is 1. The van der Waals surface area contributed by atoms with E-state index >= 15 is 0 Å². The molecule has 0 N–H and O–H groups in total. The summed E-state index contributed by atoms with van der Waals surface area (Å²) in [4.78, 5) is 0. The molecule has 0 fully saturated rings. The first kappa shape index (κ1) is 12.8. The number of hydrogen-bond donors (Lipinski definition) is 0. The van der Waals surface area contributed by atoms with Crippen molar-refractivity contribution in [3.63, 3.8) is 0 Å². The van der Waals surface area contributed by atoms with Crippen LogP contribution in [0.2, 0.25) is 0 Å². The molecule has 1 rings (SSSR count).